The van der Waals surface area contributed by atoms with Gasteiger partial charge < -0.3 is 15.3 Å². The molecule has 0 aliphatic carbocycles. The van der Waals surface area contributed by atoms with Gasteiger partial charge >= 0.3 is 0 Å². The number of hydrogen-bond acceptors (Lipinski definition) is 5. The third kappa shape index (κ3) is 3.89. The maximum Gasteiger partial charge on any atom is 0.273 e. The number of nitrogens with zero attached hydrogens (tertiary/aromatic N) is 2. The topological polar surface area (TPSA) is 78.6 Å². The fourth-order valence-electron chi connectivity index (χ4n) is 1.67. The van der Waals surface area contributed by atoms with E-state index in [1.165, 1.54) is 12.1 Å². The molecule has 0 aliphatic rings. The van der Waals surface area contributed by atoms with Crippen molar-refractivity contribution in [2.45, 2.75) is 13.8 Å². The zero-order valence-electron chi connectivity index (χ0n) is 10.7. The fraction of sp³-hybridized carbons (Fsp3) is 0.500. The highest BCUT2D eigenvalue weighted by atomic mass is 16.6. The van der Waals surface area contributed by atoms with Crippen LogP contribution < -0.4 is 5.32 Å². The molecule has 0 amide bonds. The van der Waals surface area contributed by atoms with Crippen LogP contribution in [0.5, 0.6) is 5.75 Å². The molecule has 100 valence electrons. The van der Waals surface area contributed by atoms with Crippen LogP contribution >= 0.6 is 0 Å². The van der Waals surface area contributed by atoms with Gasteiger partial charge in [0.2, 0.25) is 0 Å². The van der Waals surface area contributed by atoms with Crippen LogP contribution in [0, 0.1) is 10.1 Å². The van der Waals surface area contributed by atoms with E-state index in [0.717, 1.165) is 25.7 Å². The van der Waals surface area contributed by atoms with Crippen LogP contribution in [0.2, 0.25) is 0 Å². The van der Waals surface area contributed by atoms with Gasteiger partial charge in [0, 0.05) is 19.2 Å². The number of phenolic OH excluding ortho intramolecular Hbond substituents is 1. The molecule has 0 radical (unpaired) electrons. The summed E-state index contributed by atoms with van der Waals surface area (Å²) >= 11 is 0. The molecule has 0 saturated heterocycles. The molecule has 0 spiro atoms. The van der Waals surface area contributed by atoms with E-state index in [2.05, 4.69) is 24.1 Å². The maximum absolute atomic E-state index is 10.5. The average Bonchev–Trinajstić information content (AvgIpc) is 2.36. The molecule has 0 aliphatic heterocycles. The van der Waals surface area contributed by atoms with Gasteiger partial charge in [0.25, 0.3) is 5.69 Å². The minimum Gasteiger partial charge on any atom is -0.506 e. The molecular weight excluding hydrogens is 234 g/mol. The minimum absolute atomic E-state index is 0.0938. The van der Waals surface area contributed by atoms with Crippen molar-refractivity contribution in [1.29, 1.82) is 0 Å². The van der Waals surface area contributed by atoms with E-state index < -0.39 is 4.92 Å². The summed E-state index contributed by atoms with van der Waals surface area (Å²) in [5.41, 5.74) is 0.412. The lowest BCUT2D eigenvalue weighted by molar-refractivity contribution is -0.384. The molecule has 2 N–H and O–H groups in total. The Bertz CT molecular complexity index is 406. The molecule has 0 heterocycles. The van der Waals surface area contributed by atoms with Crippen LogP contribution in [0.15, 0.2) is 18.2 Å². The summed E-state index contributed by atoms with van der Waals surface area (Å²) < 4.78 is 0. The number of anilines is 1. The summed E-state index contributed by atoms with van der Waals surface area (Å²) in [5, 5.41) is 23.2. The Morgan fingerprint density at radius 2 is 2.06 bits per heavy atom. The van der Waals surface area contributed by atoms with E-state index in [1.807, 2.05) is 0 Å². The highest BCUT2D eigenvalue weighted by Crippen LogP contribution is 2.27. The summed E-state index contributed by atoms with van der Waals surface area (Å²) in [6.07, 6.45) is 0. The van der Waals surface area contributed by atoms with Crippen LogP contribution in [-0.2, 0) is 0 Å². The van der Waals surface area contributed by atoms with Crippen molar-refractivity contribution >= 4 is 11.4 Å². The summed E-state index contributed by atoms with van der Waals surface area (Å²) in [6.45, 7) is 7.69. The van der Waals surface area contributed by atoms with Gasteiger partial charge in [0.15, 0.2) is 0 Å². The predicted octanol–water partition coefficient (Wildman–Crippen LogP) is 2.05. The summed E-state index contributed by atoms with van der Waals surface area (Å²) in [5.74, 6) is -0.0938. The number of phenols is 1. The Balaban J connectivity index is 2.55. The number of rotatable bonds is 7. The largest absolute Gasteiger partial charge is 0.506 e. The first-order valence-corrected chi connectivity index (χ1v) is 6.02. The normalized spacial score (nSPS) is 10.6. The SMILES string of the molecule is CCN(CC)CCNc1ccc([N+](=O)[O-])cc1O. The molecular formula is C12H19N3O3. The molecule has 18 heavy (non-hydrogen) atoms. The lowest BCUT2D eigenvalue weighted by atomic mass is 10.2. The lowest BCUT2D eigenvalue weighted by Gasteiger charge is -2.18. The van der Waals surface area contributed by atoms with E-state index >= 15 is 0 Å². The van der Waals surface area contributed by atoms with Crippen molar-refractivity contribution in [3.63, 3.8) is 0 Å². The van der Waals surface area contributed by atoms with E-state index in [4.69, 9.17) is 0 Å². The molecule has 1 aromatic rings. The number of nitro benzene ring substituents is 1. The van der Waals surface area contributed by atoms with Gasteiger partial charge in [-0.15, -0.1) is 0 Å². The minimum atomic E-state index is -0.528. The molecule has 6 heteroatoms. The second kappa shape index (κ2) is 6.80. The highest BCUT2D eigenvalue weighted by molar-refractivity contribution is 5.59. The van der Waals surface area contributed by atoms with Crippen LogP contribution in [0.25, 0.3) is 0 Å². The maximum atomic E-state index is 10.5. The third-order valence-corrected chi connectivity index (χ3v) is 2.83. The Morgan fingerprint density at radius 3 is 2.56 bits per heavy atom. The second-order valence-electron chi connectivity index (χ2n) is 3.91. The average molecular weight is 253 g/mol. The molecule has 0 fully saturated rings. The van der Waals surface area contributed by atoms with E-state index in [1.54, 1.807) is 0 Å². The van der Waals surface area contributed by atoms with Gasteiger partial charge in [-0.3, -0.25) is 10.1 Å². The van der Waals surface area contributed by atoms with Crippen LogP contribution in [-0.4, -0.2) is 41.1 Å². The van der Waals surface area contributed by atoms with Gasteiger partial charge in [-0.25, -0.2) is 0 Å². The van der Waals surface area contributed by atoms with Gasteiger partial charge in [-0.1, -0.05) is 13.8 Å². The molecule has 0 aromatic heterocycles. The quantitative estimate of drug-likeness (QED) is 0.442. The Labute approximate surface area is 106 Å². The van der Waals surface area contributed by atoms with Crippen LogP contribution in [0.4, 0.5) is 11.4 Å². The zero-order valence-corrected chi connectivity index (χ0v) is 10.7. The number of aromatic hydroxyl groups is 1. The Hall–Kier alpha value is -1.82. The number of likely N-dealkylation sites (N-methyl/N-ethyl adjacent to an activating group) is 1. The first-order chi connectivity index (χ1) is 8.58. The summed E-state index contributed by atoms with van der Waals surface area (Å²) in [4.78, 5) is 12.2. The third-order valence-electron chi connectivity index (χ3n) is 2.83. The van der Waals surface area contributed by atoms with Gasteiger partial charge in [0.05, 0.1) is 16.7 Å². The number of non-ortho nitro benzene ring substituents is 1. The standard InChI is InChI=1S/C12H19N3O3/c1-3-14(4-2)8-7-13-11-6-5-10(15(17)18)9-12(11)16/h5-6,9,13,16H,3-4,7-8H2,1-2H3. The van der Waals surface area contributed by atoms with Gasteiger partial charge in [-0.05, 0) is 19.2 Å². The molecule has 0 unspecified atom stereocenters. The van der Waals surface area contributed by atoms with Crippen LogP contribution in [0.3, 0.4) is 0 Å². The van der Waals surface area contributed by atoms with E-state index in [9.17, 15) is 15.2 Å². The number of nitrogens with one attached hydrogen (secondary N) is 1. The zero-order chi connectivity index (χ0) is 13.5. The van der Waals surface area contributed by atoms with Crippen molar-refractivity contribution in [3.05, 3.63) is 28.3 Å². The first-order valence-electron chi connectivity index (χ1n) is 6.02. The highest BCUT2D eigenvalue weighted by Gasteiger charge is 2.09. The van der Waals surface area contributed by atoms with Crippen molar-refractivity contribution in [3.8, 4) is 5.75 Å². The number of nitro groups is 1. The number of hydrogen-bond donors (Lipinski definition) is 2. The van der Waals surface area contributed by atoms with Gasteiger partial charge in [0.1, 0.15) is 5.75 Å². The van der Waals surface area contributed by atoms with E-state index in [-0.39, 0.29) is 11.4 Å². The molecule has 1 rings (SSSR count). The van der Waals surface area contributed by atoms with Gasteiger partial charge in [-0.2, -0.15) is 0 Å². The Morgan fingerprint density at radius 1 is 1.39 bits per heavy atom. The predicted molar refractivity (Wildman–Crippen MR) is 71.0 cm³/mol. The van der Waals surface area contributed by atoms with Crippen molar-refractivity contribution < 1.29 is 10.0 Å². The molecule has 1 aromatic carbocycles. The molecule has 0 bridgehead atoms. The van der Waals surface area contributed by atoms with Crippen molar-refractivity contribution in [2.24, 2.45) is 0 Å². The smallest absolute Gasteiger partial charge is 0.273 e. The lowest BCUT2D eigenvalue weighted by Crippen LogP contribution is -2.28. The molecule has 0 atom stereocenters. The van der Waals surface area contributed by atoms with Crippen molar-refractivity contribution in [1.82, 2.24) is 4.90 Å². The molecule has 6 nitrogen and oxygen atoms in total. The monoisotopic (exact) mass is 253 g/mol. The summed E-state index contributed by atoms with van der Waals surface area (Å²) in [7, 11) is 0. The second-order valence-corrected chi connectivity index (χ2v) is 3.91. The fourth-order valence-corrected chi connectivity index (χ4v) is 1.67. The first kappa shape index (κ1) is 14.2. The number of benzene rings is 1. The van der Waals surface area contributed by atoms with Crippen molar-refractivity contribution in [2.75, 3.05) is 31.5 Å². The summed E-state index contributed by atoms with van der Waals surface area (Å²) in [6, 6.07) is 4.05. The molecule has 0 saturated carbocycles. The Kier molecular flexibility index (Phi) is 5.38. The van der Waals surface area contributed by atoms with E-state index in [0.29, 0.717) is 12.2 Å². The van der Waals surface area contributed by atoms with Crippen LogP contribution in [0.1, 0.15) is 13.8 Å².